The molecule has 0 aliphatic heterocycles. The highest BCUT2D eigenvalue weighted by atomic mass is 16.6. The van der Waals surface area contributed by atoms with Crippen LogP contribution in [-0.4, -0.2) is 66.3 Å². The molecule has 9 nitrogen and oxygen atoms in total. The van der Waals surface area contributed by atoms with E-state index < -0.39 is 47.4 Å². The zero-order valence-corrected chi connectivity index (χ0v) is 16.1. The predicted molar refractivity (Wildman–Crippen MR) is 91.2 cm³/mol. The van der Waals surface area contributed by atoms with Gasteiger partial charge < -0.3 is 24.8 Å². The SMILES string of the molecule is COC(=O)[C@@H]1C[C@H](C(=O)O)[C@@H](N(C)C(=O)OC(C)(C)C)[C@H]1CNC(C)=O. The van der Waals surface area contributed by atoms with Gasteiger partial charge in [-0.3, -0.25) is 14.4 Å². The Morgan fingerprint density at radius 2 is 1.77 bits per heavy atom. The van der Waals surface area contributed by atoms with Crippen LogP contribution in [0.2, 0.25) is 0 Å². The van der Waals surface area contributed by atoms with Gasteiger partial charge in [-0.2, -0.15) is 0 Å². The topological polar surface area (TPSA) is 122 Å². The summed E-state index contributed by atoms with van der Waals surface area (Å²) in [5.41, 5.74) is -0.752. The van der Waals surface area contributed by atoms with Crippen LogP contribution in [0.15, 0.2) is 0 Å². The van der Waals surface area contributed by atoms with Crippen LogP contribution in [0.5, 0.6) is 0 Å². The Labute approximate surface area is 153 Å². The maximum absolute atomic E-state index is 12.5. The fraction of sp³-hybridized carbons (Fsp3) is 0.765. The molecule has 0 bridgehead atoms. The summed E-state index contributed by atoms with van der Waals surface area (Å²) in [5.74, 6) is -4.33. The summed E-state index contributed by atoms with van der Waals surface area (Å²) in [6.45, 7) is 6.48. The molecule has 1 saturated carbocycles. The fourth-order valence-electron chi connectivity index (χ4n) is 3.33. The number of carboxylic acids is 1. The Kier molecular flexibility index (Phi) is 7.00. The lowest BCUT2D eigenvalue weighted by Gasteiger charge is -2.34. The summed E-state index contributed by atoms with van der Waals surface area (Å²) < 4.78 is 10.1. The van der Waals surface area contributed by atoms with Gasteiger partial charge >= 0.3 is 18.0 Å². The molecular weight excluding hydrogens is 344 g/mol. The number of aliphatic carboxylic acids is 1. The number of hydrogen-bond acceptors (Lipinski definition) is 6. The second-order valence-electron chi connectivity index (χ2n) is 7.49. The Morgan fingerprint density at radius 1 is 1.19 bits per heavy atom. The average molecular weight is 372 g/mol. The van der Waals surface area contributed by atoms with E-state index in [2.05, 4.69) is 5.32 Å². The molecule has 2 amide bonds. The number of esters is 1. The van der Waals surface area contributed by atoms with Gasteiger partial charge in [0.25, 0.3) is 0 Å². The summed E-state index contributed by atoms with van der Waals surface area (Å²) in [5, 5.41) is 12.2. The number of nitrogens with one attached hydrogen (secondary N) is 1. The summed E-state index contributed by atoms with van der Waals surface area (Å²) in [7, 11) is 2.66. The predicted octanol–water partition coefficient (Wildman–Crippen LogP) is 0.868. The third kappa shape index (κ3) is 5.34. The number of amides is 2. The lowest BCUT2D eigenvalue weighted by molar-refractivity contribution is -0.147. The van der Waals surface area contributed by atoms with Gasteiger partial charge in [0.05, 0.1) is 25.0 Å². The number of nitrogens with zero attached hydrogens (tertiary/aromatic N) is 1. The molecule has 26 heavy (non-hydrogen) atoms. The van der Waals surface area contributed by atoms with Crippen molar-refractivity contribution in [3.63, 3.8) is 0 Å². The lowest BCUT2D eigenvalue weighted by atomic mass is 9.92. The van der Waals surface area contributed by atoms with Gasteiger partial charge in [-0.15, -0.1) is 0 Å². The van der Waals surface area contributed by atoms with E-state index in [0.717, 1.165) is 0 Å². The van der Waals surface area contributed by atoms with Crippen molar-refractivity contribution in [2.24, 2.45) is 17.8 Å². The molecule has 9 heteroatoms. The highest BCUT2D eigenvalue weighted by Crippen LogP contribution is 2.40. The first kappa shape index (κ1) is 21.7. The van der Waals surface area contributed by atoms with Crippen LogP contribution in [0.25, 0.3) is 0 Å². The number of carbonyl (C=O) groups is 4. The van der Waals surface area contributed by atoms with Gasteiger partial charge in [0, 0.05) is 26.4 Å². The van der Waals surface area contributed by atoms with Gasteiger partial charge in [-0.1, -0.05) is 0 Å². The molecule has 0 spiro atoms. The first-order valence-corrected chi connectivity index (χ1v) is 8.40. The number of methoxy groups -OCH3 is 1. The summed E-state index contributed by atoms with van der Waals surface area (Å²) in [4.78, 5) is 48.9. The van der Waals surface area contributed by atoms with Crippen LogP contribution in [0, 0.1) is 17.8 Å². The average Bonchev–Trinajstić information content (AvgIpc) is 2.89. The molecule has 2 N–H and O–H groups in total. The van der Waals surface area contributed by atoms with Crippen LogP contribution in [0.1, 0.15) is 34.1 Å². The van der Waals surface area contributed by atoms with E-state index in [1.54, 1.807) is 20.8 Å². The third-order valence-electron chi connectivity index (χ3n) is 4.41. The highest BCUT2D eigenvalue weighted by molar-refractivity contribution is 5.79. The smallest absolute Gasteiger partial charge is 0.410 e. The van der Waals surface area contributed by atoms with Gasteiger partial charge in [-0.25, -0.2) is 4.79 Å². The summed E-state index contributed by atoms with van der Waals surface area (Å²) in [6, 6.07) is -0.821. The van der Waals surface area contributed by atoms with E-state index in [-0.39, 0.29) is 18.9 Å². The highest BCUT2D eigenvalue weighted by Gasteiger charge is 2.53. The van der Waals surface area contributed by atoms with Crippen LogP contribution < -0.4 is 5.32 Å². The van der Waals surface area contributed by atoms with Gasteiger partial charge in [0.1, 0.15) is 5.60 Å². The number of carbonyl (C=O) groups excluding carboxylic acids is 3. The summed E-state index contributed by atoms with van der Waals surface area (Å²) in [6.07, 6.45) is -0.670. The Balaban J connectivity index is 3.19. The Morgan fingerprint density at radius 3 is 2.19 bits per heavy atom. The van der Waals surface area contributed by atoms with Crippen LogP contribution in [-0.2, 0) is 23.9 Å². The quantitative estimate of drug-likeness (QED) is 0.687. The maximum Gasteiger partial charge on any atom is 0.410 e. The molecule has 0 saturated heterocycles. The Bertz CT molecular complexity index is 570. The lowest BCUT2D eigenvalue weighted by Crippen LogP contribution is -2.50. The molecule has 1 rings (SSSR count). The minimum atomic E-state index is -1.12. The molecule has 0 aromatic carbocycles. The fourth-order valence-corrected chi connectivity index (χ4v) is 3.33. The van der Waals surface area contributed by atoms with E-state index in [1.165, 1.54) is 26.0 Å². The third-order valence-corrected chi connectivity index (χ3v) is 4.41. The van der Waals surface area contributed by atoms with E-state index >= 15 is 0 Å². The molecular formula is C17H28N2O7. The van der Waals surface area contributed by atoms with Crippen molar-refractivity contribution >= 4 is 23.9 Å². The Hall–Kier alpha value is -2.32. The number of carboxylic acid groups (broad SMARTS) is 1. The maximum atomic E-state index is 12.5. The van der Waals surface area contributed by atoms with E-state index in [4.69, 9.17) is 9.47 Å². The molecule has 1 aliphatic carbocycles. The van der Waals surface area contributed by atoms with Gasteiger partial charge in [0.15, 0.2) is 0 Å². The second-order valence-corrected chi connectivity index (χ2v) is 7.49. The van der Waals surface area contributed by atoms with Gasteiger partial charge in [-0.05, 0) is 27.2 Å². The number of hydrogen-bond donors (Lipinski definition) is 2. The van der Waals surface area contributed by atoms with Crippen LogP contribution >= 0.6 is 0 Å². The molecule has 0 aromatic heterocycles. The molecule has 1 aliphatic rings. The number of rotatable bonds is 5. The first-order valence-electron chi connectivity index (χ1n) is 8.40. The molecule has 0 unspecified atom stereocenters. The largest absolute Gasteiger partial charge is 0.481 e. The van der Waals surface area contributed by atoms with Crippen molar-refractivity contribution in [3.05, 3.63) is 0 Å². The first-order chi connectivity index (χ1) is 11.9. The van der Waals surface area contributed by atoms with Gasteiger partial charge in [0.2, 0.25) is 5.91 Å². The minimum Gasteiger partial charge on any atom is -0.481 e. The molecule has 0 radical (unpaired) electrons. The monoisotopic (exact) mass is 372 g/mol. The van der Waals surface area contributed by atoms with E-state index in [1.807, 2.05) is 0 Å². The molecule has 4 atom stereocenters. The van der Waals surface area contributed by atoms with Crippen LogP contribution in [0.4, 0.5) is 4.79 Å². The molecule has 0 heterocycles. The van der Waals surface area contributed by atoms with Crippen LogP contribution in [0.3, 0.4) is 0 Å². The second kappa shape index (κ2) is 8.37. The standard InChI is InChI=1S/C17H28N2O7/c1-9(20)18-8-12-10(15(23)25-6)7-11(14(21)22)13(12)19(5)16(24)26-17(2,3)4/h10-13H,7-8H2,1-6H3,(H,18,20)(H,21,22)/t10-,11+,12+,13-/m1/s1. The molecule has 148 valence electrons. The van der Waals surface area contributed by atoms with Crippen molar-refractivity contribution in [2.75, 3.05) is 20.7 Å². The normalized spacial score (nSPS) is 25.3. The minimum absolute atomic E-state index is 0.0179. The van der Waals surface area contributed by atoms with E-state index in [0.29, 0.717) is 0 Å². The number of ether oxygens (including phenoxy) is 2. The van der Waals surface area contributed by atoms with Crippen molar-refractivity contribution in [3.8, 4) is 0 Å². The zero-order valence-electron chi connectivity index (χ0n) is 16.1. The van der Waals surface area contributed by atoms with Crippen molar-refractivity contribution in [1.82, 2.24) is 10.2 Å². The summed E-state index contributed by atoms with van der Waals surface area (Å²) >= 11 is 0. The zero-order chi connectivity index (χ0) is 20.2. The molecule has 0 aromatic rings. The van der Waals surface area contributed by atoms with E-state index in [9.17, 15) is 24.3 Å². The van der Waals surface area contributed by atoms with Crippen molar-refractivity contribution in [2.45, 2.75) is 45.8 Å². The van der Waals surface area contributed by atoms with Crippen molar-refractivity contribution < 1.29 is 33.8 Å². The van der Waals surface area contributed by atoms with Crippen molar-refractivity contribution in [1.29, 1.82) is 0 Å². The molecule has 1 fully saturated rings.